The first-order valence-electron chi connectivity index (χ1n) is 7.06. The summed E-state index contributed by atoms with van der Waals surface area (Å²) in [5.74, 6) is 0.207. The van der Waals surface area contributed by atoms with Crippen LogP contribution in [-0.2, 0) is 16.0 Å². The number of benzene rings is 2. The van der Waals surface area contributed by atoms with Gasteiger partial charge in [-0.15, -0.1) is 0 Å². The summed E-state index contributed by atoms with van der Waals surface area (Å²) in [6, 6.07) is 16.3. The minimum Gasteiger partial charge on any atom is -0.497 e. The topological polar surface area (TPSA) is 52.6 Å². The molecule has 4 nitrogen and oxygen atoms in total. The molecule has 2 rings (SSSR count). The van der Waals surface area contributed by atoms with Crippen molar-refractivity contribution in [3.63, 3.8) is 0 Å². The smallest absolute Gasteiger partial charge is 0.306 e. The van der Waals surface area contributed by atoms with Gasteiger partial charge < -0.3 is 9.47 Å². The molecule has 0 aliphatic carbocycles. The standard InChI is InChI=1S/C18H18O4/c1-21-16-10-7-14(8-11-16)9-12-18(20)22-13-17(19)15-5-3-2-4-6-15/h2-8,10-11H,9,12-13H2,1H3. The fourth-order valence-corrected chi connectivity index (χ4v) is 1.96. The highest BCUT2D eigenvalue weighted by Gasteiger charge is 2.09. The molecular formula is C18H18O4. The third kappa shape index (κ3) is 4.74. The van der Waals surface area contributed by atoms with Crippen LogP contribution in [0.25, 0.3) is 0 Å². The molecule has 114 valence electrons. The zero-order valence-electron chi connectivity index (χ0n) is 12.5. The van der Waals surface area contributed by atoms with Crippen LogP contribution in [0.3, 0.4) is 0 Å². The van der Waals surface area contributed by atoms with Crippen molar-refractivity contribution in [2.45, 2.75) is 12.8 Å². The Morgan fingerprint density at radius 3 is 2.27 bits per heavy atom. The molecule has 22 heavy (non-hydrogen) atoms. The highest BCUT2D eigenvalue weighted by Crippen LogP contribution is 2.12. The summed E-state index contributed by atoms with van der Waals surface area (Å²) in [6.45, 7) is -0.217. The summed E-state index contributed by atoms with van der Waals surface area (Å²) in [5, 5.41) is 0. The summed E-state index contributed by atoms with van der Waals surface area (Å²) in [5.41, 5.74) is 1.57. The van der Waals surface area contributed by atoms with E-state index in [0.29, 0.717) is 12.0 Å². The minimum atomic E-state index is -0.375. The van der Waals surface area contributed by atoms with Gasteiger partial charge in [-0.05, 0) is 24.1 Å². The Labute approximate surface area is 129 Å². The average Bonchev–Trinajstić information content (AvgIpc) is 2.59. The maximum Gasteiger partial charge on any atom is 0.306 e. The van der Waals surface area contributed by atoms with Gasteiger partial charge >= 0.3 is 5.97 Å². The van der Waals surface area contributed by atoms with Crippen molar-refractivity contribution in [2.75, 3.05) is 13.7 Å². The average molecular weight is 298 g/mol. The third-order valence-corrected chi connectivity index (χ3v) is 3.24. The van der Waals surface area contributed by atoms with Crippen LogP contribution < -0.4 is 4.74 Å². The Morgan fingerprint density at radius 2 is 1.64 bits per heavy atom. The fraction of sp³-hybridized carbons (Fsp3) is 0.222. The van der Waals surface area contributed by atoms with Gasteiger partial charge in [-0.25, -0.2) is 0 Å². The van der Waals surface area contributed by atoms with Crippen LogP contribution in [0.4, 0.5) is 0 Å². The molecule has 0 aliphatic heterocycles. The Balaban J connectivity index is 1.74. The zero-order valence-corrected chi connectivity index (χ0v) is 12.5. The van der Waals surface area contributed by atoms with Crippen LogP contribution in [0.5, 0.6) is 5.75 Å². The number of ketones is 1. The van der Waals surface area contributed by atoms with Crippen molar-refractivity contribution in [2.24, 2.45) is 0 Å². The second-order valence-electron chi connectivity index (χ2n) is 4.80. The van der Waals surface area contributed by atoms with Gasteiger partial charge in [0, 0.05) is 12.0 Å². The van der Waals surface area contributed by atoms with Crippen LogP contribution >= 0.6 is 0 Å². The lowest BCUT2D eigenvalue weighted by Crippen LogP contribution is -2.14. The number of rotatable bonds is 7. The van der Waals surface area contributed by atoms with Crippen LogP contribution in [0.2, 0.25) is 0 Å². The first-order valence-corrected chi connectivity index (χ1v) is 7.06. The Kier molecular flexibility index (Phi) is 5.72. The fourth-order valence-electron chi connectivity index (χ4n) is 1.96. The molecule has 0 bridgehead atoms. The molecule has 0 saturated carbocycles. The normalized spacial score (nSPS) is 10.0. The molecule has 0 N–H and O–H groups in total. The van der Waals surface area contributed by atoms with Crippen molar-refractivity contribution in [3.8, 4) is 5.75 Å². The number of hydrogen-bond donors (Lipinski definition) is 0. The van der Waals surface area contributed by atoms with E-state index < -0.39 is 0 Å². The molecule has 0 atom stereocenters. The van der Waals surface area contributed by atoms with Gasteiger partial charge in [-0.3, -0.25) is 9.59 Å². The van der Waals surface area contributed by atoms with Gasteiger partial charge in [-0.2, -0.15) is 0 Å². The second kappa shape index (κ2) is 7.98. The molecule has 0 aromatic heterocycles. The van der Waals surface area contributed by atoms with E-state index in [1.54, 1.807) is 31.4 Å². The third-order valence-electron chi connectivity index (χ3n) is 3.24. The SMILES string of the molecule is COc1ccc(CCC(=O)OCC(=O)c2ccccc2)cc1. The van der Waals surface area contributed by atoms with Gasteiger partial charge in [0.25, 0.3) is 0 Å². The number of Topliss-reactive ketones (excluding diaryl/α,β-unsaturated/α-hetero) is 1. The monoisotopic (exact) mass is 298 g/mol. The number of esters is 1. The highest BCUT2D eigenvalue weighted by molar-refractivity contribution is 5.97. The van der Waals surface area contributed by atoms with Crippen LogP contribution in [0.1, 0.15) is 22.3 Å². The van der Waals surface area contributed by atoms with E-state index in [9.17, 15) is 9.59 Å². The summed E-state index contributed by atoms with van der Waals surface area (Å²) >= 11 is 0. The number of hydrogen-bond acceptors (Lipinski definition) is 4. The largest absolute Gasteiger partial charge is 0.497 e. The van der Waals surface area contributed by atoms with Crippen molar-refractivity contribution in [1.82, 2.24) is 0 Å². The van der Waals surface area contributed by atoms with E-state index in [0.717, 1.165) is 11.3 Å². The van der Waals surface area contributed by atoms with Crippen LogP contribution in [-0.4, -0.2) is 25.5 Å². The Hall–Kier alpha value is -2.62. The van der Waals surface area contributed by atoms with Gasteiger partial charge in [0.2, 0.25) is 0 Å². The predicted octanol–water partition coefficient (Wildman–Crippen LogP) is 3.05. The Morgan fingerprint density at radius 1 is 0.955 bits per heavy atom. The highest BCUT2D eigenvalue weighted by atomic mass is 16.5. The zero-order chi connectivity index (χ0) is 15.8. The van der Waals surface area contributed by atoms with E-state index in [1.807, 2.05) is 30.3 Å². The van der Waals surface area contributed by atoms with E-state index in [4.69, 9.17) is 9.47 Å². The van der Waals surface area contributed by atoms with Crippen molar-refractivity contribution in [3.05, 3.63) is 65.7 Å². The van der Waals surface area contributed by atoms with Crippen molar-refractivity contribution >= 4 is 11.8 Å². The van der Waals surface area contributed by atoms with Gasteiger partial charge in [0.05, 0.1) is 7.11 Å². The molecule has 4 heteroatoms. The quantitative estimate of drug-likeness (QED) is 0.582. The second-order valence-corrected chi connectivity index (χ2v) is 4.80. The number of carbonyl (C=O) groups is 2. The van der Waals surface area contributed by atoms with Crippen LogP contribution in [0.15, 0.2) is 54.6 Å². The number of methoxy groups -OCH3 is 1. The first kappa shape index (κ1) is 15.8. The molecule has 0 unspecified atom stereocenters. The van der Waals surface area contributed by atoms with Crippen molar-refractivity contribution in [1.29, 1.82) is 0 Å². The lowest BCUT2D eigenvalue weighted by molar-refractivity contribution is -0.142. The van der Waals surface area contributed by atoms with Crippen LogP contribution in [0, 0.1) is 0 Å². The number of carbonyl (C=O) groups excluding carboxylic acids is 2. The molecule has 2 aromatic rings. The molecule has 0 saturated heterocycles. The molecule has 2 aromatic carbocycles. The number of aryl methyl sites for hydroxylation is 1. The molecule has 0 radical (unpaired) electrons. The van der Waals surface area contributed by atoms with E-state index >= 15 is 0 Å². The molecule has 0 amide bonds. The van der Waals surface area contributed by atoms with Crippen molar-refractivity contribution < 1.29 is 19.1 Å². The summed E-state index contributed by atoms with van der Waals surface area (Å²) in [4.78, 5) is 23.5. The van der Waals surface area contributed by atoms with Gasteiger partial charge in [0.1, 0.15) is 5.75 Å². The summed E-state index contributed by atoms with van der Waals surface area (Å²) in [6.07, 6.45) is 0.816. The predicted molar refractivity (Wildman–Crippen MR) is 83.0 cm³/mol. The lowest BCUT2D eigenvalue weighted by atomic mass is 10.1. The molecular weight excluding hydrogens is 280 g/mol. The molecule has 0 aliphatic rings. The summed E-state index contributed by atoms with van der Waals surface area (Å²) < 4.78 is 10.1. The summed E-state index contributed by atoms with van der Waals surface area (Å²) in [7, 11) is 1.61. The van der Waals surface area contributed by atoms with Gasteiger partial charge in [0.15, 0.2) is 12.4 Å². The van der Waals surface area contributed by atoms with E-state index in [2.05, 4.69) is 0 Å². The van der Waals surface area contributed by atoms with Gasteiger partial charge in [-0.1, -0.05) is 42.5 Å². The van der Waals surface area contributed by atoms with E-state index in [-0.39, 0.29) is 24.8 Å². The molecule has 0 fully saturated rings. The minimum absolute atomic E-state index is 0.196. The Bertz CT molecular complexity index is 617. The lowest BCUT2D eigenvalue weighted by Gasteiger charge is -2.05. The first-order chi connectivity index (χ1) is 10.7. The maximum atomic E-state index is 11.8. The number of ether oxygens (including phenoxy) is 2. The molecule has 0 spiro atoms. The van der Waals surface area contributed by atoms with E-state index in [1.165, 1.54) is 0 Å². The molecule has 0 heterocycles. The maximum absolute atomic E-state index is 11.8.